The number of allylic oxidation sites excluding steroid dienone is 3. The van der Waals surface area contributed by atoms with Crippen molar-refractivity contribution in [1.29, 1.82) is 0 Å². The van der Waals surface area contributed by atoms with E-state index in [1.165, 1.54) is 64.4 Å². The summed E-state index contributed by atoms with van der Waals surface area (Å²) in [5.41, 5.74) is -1.45. The Morgan fingerprint density at radius 1 is 1.00 bits per heavy atom. The third-order valence-electron chi connectivity index (χ3n) is 4.67. The maximum atomic E-state index is 12.0. The van der Waals surface area contributed by atoms with Crippen LogP contribution < -0.4 is 10.6 Å². The van der Waals surface area contributed by atoms with Crippen LogP contribution in [-0.2, 0) is 9.59 Å². The highest BCUT2D eigenvalue weighted by molar-refractivity contribution is 5.91. The standard InChI is InChI=1S/C22H40N2O3/c1-4-6-8-9-10-11-12-13-14-16-18-23-22(19-25,20(3)26)24-21(27)17-15-7-5-2/h5,7,15,17,19-20,23,26H,4,6,8-14,16,18H2,1-3H3,(H,24,27)/b7-5+,17-15+/t20-,22-/m1/s1. The average Bonchev–Trinajstić information content (AvgIpc) is 2.65. The van der Waals surface area contributed by atoms with Crippen molar-refractivity contribution in [1.82, 2.24) is 10.6 Å². The SMILES string of the molecule is C/C=C/C=C/C(=O)N[C@@](C=O)(NCCCCCCCCCCCC)[C@@H](C)O. The zero-order valence-electron chi connectivity index (χ0n) is 17.5. The molecule has 5 nitrogen and oxygen atoms in total. The number of carbonyl (C=O) groups excluding carboxylic acids is 2. The number of aliphatic hydroxyl groups is 1. The van der Waals surface area contributed by atoms with Crippen LogP contribution in [0.1, 0.15) is 85.0 Å². The zero-order valence-corrected chi connectivity index (χ0v) is 17.5. The Hall–Kier alpha value is -1.46. The monoisotopic (exact) mass is 380 g/mol. The number of aliphatic hydroxyl groups excluding tert-OH is 1. The molecule has 0 aliphatic rings. The highest BCUT2D eigenvalue weighted by Gasteiger charge is 2.35. The maximum absolute atomic E-state index is 12.0. The lowest BCUT2D eigenvalue weighted by molar-refractivity contribution is -0.128. The molecule has 0 aliphatic heterocycles. The number of aldehydes is 1. The molecule has 0 rings (SSSR count). The largest absolute Gasteiger partial charge is 0.389 e. The fraction of sp³-hybridized carbons (Fsp3) is 0.727. The van der Waals surface area contributed by atoms with E-state index in [9.17, 15) is 14.7 Å². The average molecular weight is 381 g/mol. The van der Waals surface area contributed by atoms with Crippen molar-refractivity contribution in [2.45, 2.75) is 96.7 Å². The third kappa shape index (κ3) is 12.5. The molecule has 0 aromatic heterocycles. The van der Waals surface area contributed by atoms with Crippen molar-refractivity contribution in [2.24, 2.45) is 0 Å². The van der Waals surface area contributed by atoms with Crippen molar-refractivity contribution in [3.8, 4) is 0 Å². The summed E-state index contributed by atoms with van der Waals surface area (Å²) in [7, 11) is 0. The first-order chi connectivity index (χ1) is 13.0. The van der Waals surface area contributed by atoms with Crippen molar-refractivity contribution in [3.63, 3.8) is 0 Å². The summed E-state index contributed by atoms with van der Waals surface area (Å²) in [6, 6.07) is 0. The van der Waals surface area contributed by atoms with Gasteiger partial charge in [0.25, 0.3) is 0 Å². The van der Waals surface area contributed by atoms with Gasteiger partial charge in [-0.15, -0.1) is 0 Å². The van der Waals surface area contributed by atoms with Gasteiger partial charge in [0.2, 0.25) is 5.91 Å². The molecule has 0 spiro atoms. The Morgan fingerprint density at radius 3 is 2.04 bits per heavy atom. The summed E-state index contributed by atoms with van der Waals surface area (Å²) in [5, 5.41) is 15.6. The minimum atomic E-state index is -1.45. The quantitative estimate of drug-likeness (QED) is 0.117. The van der Waals surface area contributed by atoms with Crippen LogP contribution in [0.25, 0.3) is 0 Å². The molecule has 2 atom stereocenters. The second-order valence-electron chi connectivity index (χ2n) is 7.15. The van der Waals surface area contributed by atoms with Gasteiger partial charge in [-0.2, -0.15) is 0 Å². The van der Waals surface area contributed by atoms with Gasteiger partial charge in [0.05, 0.1) is 6.10 Å². The van der Waals surface area contributed by atoms with E-state index in [0.29, 0.717) is 12.8 Å². The maximum Gasteiger partial charge on any atom is 0.245 e. The molecule has 0 aromatic rings. The molecule has 0 unspecified atom stereocenters. The molecule has 3 N–H and O–H groups in total. The van der Waals surface area contributed by atoms with Crippen molar-refractivity contribution < 1.29 is 14.7 Å². The van der Waals surface area contributed by atoms with Crippen LogP contribution in [0.3, 0.4) is 0 Å². The number of carbonyl (C=O) groups is 2. The predicted molar refractivity (Wildman–Crippen MR) is 112 cm³/mol. The first-order valence-corrected chi connectivity index (χ1v) is 10.5. The molecule has 5 heteroatoms. The highest BCUT2D eigenvalue weighted by Crippen LogP contribution is 2.11. The van der Waals surface area contributed by atoms with Crippen LogP contribution in [0.4, 0.5) is 0 Å². The second kappa shape index (κ2) is 16.7. The summed E-state index contributed by atoms with van der Waals surface area (Å²) in [6.07, 6.45) is 18.3. The van der Waals surface area contributed by atoms with Gasteiger partial charge in [0, 0.05) is 6.08 Å². The Labute approximate surface area is 165 Å². The lowest BCUT2D eigenvalue weighted by atomic mass is 10.0. The molecule has 0 radical (unpaired) electrons. The molecule has 0 aliphatic carbocycles. The summed E-state index contributed by atoms with van der Waals surface area (Å²) >= 11 is 0. The van der Waals surface area contributed by atoms with Gasteiger partial charge in [0.15, 0.2) is 11.9 Å². The van der Waals surface area contributed by atoms with Crippen LogP contribution >= 0.6 is 0 Å². The predicted octanol–water partition coefficient (Wildman–Crippen LogP) is 4.02. The molecule has 156 valence electrons. The van der Waals surface area contributed by atoms with Crippen molar-refractivity contribution in [2.75, 3.05) is 6.54 Å². The van der Waals surface area contributed by atoms with Crippen molar-refractivity contribution in [3.05, 3.63) is 24.3 Å². The van der Waals surface area contributed by atoms with E-state index in [2.05, 4.69) is 17.6 Å². The summed E-state index contributed by atoms with van der Waals surface area (Å²) < 4.78 is 0. The highest BCUT2D eigenvalue weighted by atomic mass is 16.3. The first-order valence-electron chi connectivity index (χ1n) is 10.5. The fourth-order valence-electron chi connectivity index (χ4n) is 2.87. The van der Waals surface area contributed by atoms with E-state index in [-0.39, 0.29) is 0 Å². The van der Waals surface area contributed by atoms with Crippen LogP contribution in [0.15, 0.2) is 24.3 Å². The van der Waals surface area contributed by atoms with Crippen LogP contribution in [-0.4, -0.2) is 35.6 Å². The smallest absolute Gasteiger partial charge is 0.245 e. The summed E-state index contributed by atoms with van der Waals surface area (Å²) in [4.78, 5) is 23.5. The molecule has 1 amide bonds. The Balaban J connectivity index is 4.11. The van der Waals surface area contributed by atoms with E-state index in [1.807, 2.05) is 6.92 Å². The zero-order chi connectivity index (χ0) is 20.4. The number of unbranched alkanes of at least 4 members (excludes halogenated alkanes) is 9. The van der Waals surface area contributed by atoms with Gasteiger partial charge in [-0.05, 0) is 26.8 Å². The second-order valence-corrected chi connectivity index (χ2v) is 7.15. The van der Waals surface area contributed by atoms with Gasteiger partial charge in [-0.25, -0.2) is 0 Å². The Morgan fingerprint density at radius 2 is 1.56 bits per heavy atom. The first kappa shape index (κ1) is 25.5. The summed E-state index contributed by atoms with van der Waals surface area (Å²) in [6.45, 7) is 6.15. The molecular formula is C22H40N2O3. The van der Waals surface area contributed by atoms with E-state index < -0.39 is 17.7 Å². The van der Waals surface area contributed by atoms with Crippen molar-refractivity contribution >= 4 is 12.2 Å². The lowest BCUT2D eigenvalue weighted by Gasteiger charge is -2.32. The van der Waals surface area contributed by atoms with Crippen LogP contribution in [0, 0.1) is 0 Å². The van der Waals surface area contributed by atoms with Crippen LogP contribution in [0.2, 0.25) is 0 Å². The molecule has 0 aromatic carbocycles. The molecule has 0 fully saturated rings. The Kier molecular flexibility index (Phi) is 15.8. The number of hydrogen-bond donors (Lipinski definition) is 3. The lowest BCUT2D eigenvalue weighted by Crippen LogP contribution is -2.66. The minimum absolute atomic E-state index is 0.420. The van der Waals surface area contributed by atoms with Gasteiger partial charge in [-0.1, -0.05) is 82.9 Å². The fourth-order valence-corrected chi connectivity index (χ4v) is 2.87. The van der Waals surface area contributed by atoms with Gasteiger partial charge < -0.3 is 10.4 Å². The molecule has 27 heavy (non-hydrogen) atoms. The van der Waals surface area contributed by atoms with E-state index >= 15 is 0 Å². The summed E-state index contributed by atoms with van der Waals surface area (Å²) in [5.74, 6) is -0.420. The Bertz CT molecular complexity index is 447. The molecule has 0 saturated carbocycles. The normalized spacial score (nSPS) is 15.1. The van der Waals surface area contributed by atoms with Gasteiger partial charge in [0.1, 0.15) is 0 Å². The molecular weight excluding hydrogens is 340 g/mol. The van der Waals surface area contributed by atoms with E-state index in [0.717, 1.165) is 12.8 Å². The number of amides is 1. The third-order valence-corrected chi connectivity index (χ3v) is 4.67. The van der Waals surface area contributed by atoms with E-state index in [1.54, 1.807) is 18.2 Å². The molecule has 0 heterocycles. The van der Waals surface area contributed by atoms with E-state index in [4.69, 9.17) is 0 Å². The number of hydrogen-bond acceptors (Lipinski definition) is 4. The minimum Gasteiger partial charge on any atom is -0.389 e. The molecule has 0 saturated heterocycles. The topological polar surface area (TPSA) is 78.4 Å². The van der Waals surface area contributed by atoms with Crippen LogP contribution in [0.5, 0.6) is 0 Å². The van der Waals surface area contributed by atoms with Gasteiger partial charge in [-0.3, -0.25) is 14.9 Å². The van der Waals surface area contributed by atoms with Gasteiger partial charge >= 0.3 is 0 Å². The number of rotatable bonds is 17. The molecule has 0 bridgehead atoms. The number of nitrogens with one attached hydrogen (secondary N) is 2.